The van der Waals surface area contributed by atoms with Crippen molar-refractivity contribution >= 4 is 36.0 Å². The first-order valence-electron chi connectivity index (χ1n) is 10.7. The van der Waals surface area contributed by atoms with E-state index in [4.69, 9.17) is 4.74 Å². The number of nitrogens with zero attached hydrogens (tertiary/aromatic N) is 3. The number of carbonyl (C=O) groups is 1. The zero-order valence-electron chi connectivity index (χ0n) is 18.8. The average Bonchev–Trinajstić information content (AvgIpc) is 2.66. The van der Waals surface area contributed by atoms with Crippen LogP contribution < -0.4 is 16.0 Å². The Labute approximate surface area is 193 Å². The molecule has 1 amide bonds. The number of hydrogen-bond donors (Lipinski definition) is 3. The maximum absolute atomic E-state index is 12.0. The largest absolute Gasteiger partial charge is 0.444 e. The number of aliphatic imine (C=N–C) groups is 1. The normalized spacial score (nSPS) is 25.0. The zero-order valence-corrected chi connectivity index (χ0v) is 21.1. The molecular weight excluding hydrogens is 483 g/mol. The van der Waals surface area contributed by atoms with Crippen LogP contribution in [0.3, 0.4) is 0 Å². The molecule has 170 valence electrons. The first-order valence-corrected chi connectivity index (χ1v) is 10.7. The highest BCUT2D eigenvalue weighted by atomic mass is 127. The molecule has 3 heterocycles. The van der Waals surface area contributed by atoms with Gasteiger partial charge in [0.1, 0.15) is 5.60 Å². The van der Waals surface area contributed by atoms with Gasteiger partial charge in [0.05, 0.1) is 0 Å². The van der Waals surface area contributed by atoms with E-state index in [1.807, 2.05) is 20.8 Å². The summed E-state index contributed by atoms with van der Waals surface area (Å²) in [7, 11) is 1.80. The Morgan fingerprint density at radius 3 is 2.41 bits per heavy atom. The molecule has 29 heavy (non-hydrogen) atoms. The van der Waals surface area contributed by atoms with Crippen molar-refractivity contribution in [1.82, 2.24) is 25.8 Å². The van der Waals surface area contributed by atoms with Gasteiger partial charge >= 0.3 is 6.09 Å². The molecule has 0 radical (unpaired) electrons. The van der Waals surface area contributed by atoms with Crippen molar-refractivity contribution in [2.24, 2.45) is 4.99 Å². The van der Waals surface area contributed by atoms with Gasteiger partial charge in [-0.15, -0.1) is 24.0 Å². The van der Waals surface area contributed by atoms with E-state index in [0.29, 0.717) is 12.6 Å². The third kappa shape index (κ3) is 9.69. The lowest BCUT2D eigenvalue weighted by Crippen LogP contribution is -2.64. The molecule has 3 N–H and O–H groups in total. The smallest absolute Gasteiger partial charge is 0.407 e. The molecule has 3 aliphatic rings. The molecule has 3 aliphatic heterocycles. The maximum atomic E-state index is 12.0. The summed E-state index contributed by atoms with van der Waals surface area (Å²) < 4.78 is 5.35. The van der Waals surface area contributed by atoms with E-state index in [9.17, 15) is 4.79 Å². The summed E-state index contributed by atoms with van der Waals surface area (Å²) in [6.45, 7) is 15.0. The molecule has 2 atom stereocenters. The molecule has 8 nitrogen and oxygen atoms in total. The van der Waals surface area contributed by atoms with E-state index in [-0.39, 0.29) is 36.1 Å². The molecule has 3 saturated heterocycles. The van der Waals surface area contributed by atoms with Crippen molar-refractivity contribution in [3.63, 3.8) is 0 Å². The van der Waals surface area contributed by atoms with Gasteiger partial charge in [-0.1, -0.05) is 19.8 Å². The van der Waals surface area contributed by atoms with Crippen molar-refractivity contribution in [2.75, 3.05) is 52.9 Å². The predicted octanol–water partition coefficient (Wildman–Crippen LogP) is 1.85. The Balaban J connectivity index is 0.00000420. The van der Waals surface area contributed by atoms with Gasteiger partial charge in [0.15, 0.2) is 5.96 Å². The van der Waals surface area contributed by atoms with Crippen LogP contribution in [0.5, 0.6) is 0 Å². The number of ether oxygens (including phenoxy) is 1. The molecule has 0 aromatic carbocycles. The second kappa shape index (κ2) is 12.8. The van der Waals surface area contributed by atoms with Gasteiger partial charge in [-0.2, -0.15) is 0 Å². The van der Waals surface area contributed by atoms with E-state index in [1.54, 1.807) is 7.05 Å². The SMILES string of the molecule is CCCCC(CNC(=O)OC(C)(C)C)NC(=NC)NCC1CN2CCN1CC2.I. The molecule has 0 aromatic rings. The van der Waals surface area contributed by atoms with E-state index in [1.165, 1.54) is 13.1 Å². The summed E-state index contributed by atoms with van der Waals surface area (Å²) >= 11 is 0. The molecule has 0 spiro atoms. The maximum Gasteiger partial charge on any atom is 0.407 e. The van der Waals surface area contributed by atoms with Crippen LogP contribution in [0.15, 0.2) is 4.99 Å². The highest BCUT2D eigenvalue weighted by Gasteiger charge is 2.31. The second-order valence-electron chi connectivity index (χ2n) is 8.81. The van der Waals surface area contributed by atoms with Gasteiger partial charge in [-0.05, 0) is 27.2 Å². The summed E-state index contributed by atoms with van der Waals surface area (Å²) in [5.74, 6) is 0.796. The Morgan fingerprint density at radius 2 is 1.90 bits per heavy atom. The van der Waals surface area contributed by atoms with Gasteiger partial charge in [-0.3, -0.25) is 14.8 Å². The second-order valence-corrected chi connectivity index (χ2v) is 8.81. The van der Waals surface area contributed by atoms with E-state index in [0.717, 1.165) is 51.4 Å². The van der Waals surface area contributed by atoms with Crippen LogP contribution in [-0.2, 0) is 4.74 Å². The Hall–Kier alpha value is -0.810. The lowest BCUT2D eigenvalue weighted by Gasteiger charge is -2.47. The molecule has 2 unspecified atom stereocenters. The fourth-order valence-electron chi connectivity index (χ4n) is 3.72. The van der Waals surface area contributed by atoms with Crippen molar-refractivity contribution in [2.45, 2.75) is 64.6 Å². The summed E-state index contributed by atoms with van der Waals surface area (Å²) in [6.07, 6.45) is 2.80. The van der Waals surface area contributed by atoms with E-state index in [2.05, 4.69) is 37.7 Å². The average molecular weight is 524 g/mol. The van der Waals surface area contributed by atoms with E-state index >= 15 is 0 Å². The van der Waals surface area contributed by atoms with Gasteiger partial charge in [0.2, 0.25) is 0 Å². The number of piperazine rings is 3. The Morgan fingerprint density at radius 1 is 1.21 bits per heavy atom. The highest BCUT2D eigenvalue weighted by Crippen LogP contribution is 2.14. The minimum atomic E-state index is -0.487. The van der Waals surface area contributed by atoms with Gasteiger partial charge in [0.25, 0.3) is 0 Å². The molecular formula is C20H41IN6O2. The van der Waals surface area contributed by atoms with Crippen LogP contribution in [0.1, 0.15) is 47.0 Å². The van der Waals surface area contributed by atoms with Crippen molar-refractivity contribution in [3.8, 4) is 0 Å². The zero-order chi connectivity index (χ0) is 20.6. The van der Waals surface area contributed by atoms with Crippen molar-refractivity contribution in [3.05, 3.63) is 0 Å². The number of unbranched alkanes of at least 4 members (excludes halogenated alkanes) is 1. The molecule has 9 heteroatoms. The number of rotatable bonds is 8. The number of fused-ring (bicyclic) bond motifs is 3. The van der Waals surface area contributed by atoms with E-state index < -0.39 is 5.60 Å². The number of nitrogens with one attached hydrogen (secondary N) is 3. The van der Waals surface area contributed by atoms with Crippen LogP contribution in [0.4, 0.5) is 4.79 Å². The highest BCUT2D eigenvalue weighted by molar-refractivity contribution is 14.0. The first-order chi connectivity index (χ1) is 13.3. The number of hydrogen-bond acceptors (Lipinski definition) is 5. The summed E-state index contributed by atoms with van der Waals surface area (Å²) in [6, 6.07) is 0.653. The van der Waals surface area contributed by atoms with Gasteiger partial charge in [-0.25, -0.2) is 4.79 Å². The van der Waals surface area contributed by atoms with Gasteiger partial charge < -0.3 is 20.7 Å². The van der Waals surface area contributed by atoms with Crippen LogP contribution >= 0.6 is 24.0 Å². The number of carbonyl (C=O) groups excluding carboxylic acids is 1. The standard InChI is InChI=1S/C20H40N6O2.HI/c1-6-7-8-16(13-23-19(27)28-20(2,3)4)24-18(21-5)22-14-17-15-25-9-11-26(17)12-10-25;/h16-17H,6-15H2,1-5H3,(H,23,27)(H2,21,22,24);1H. The van der Waals surface area contributed by atoms with Crippen LogP contribution in [-0.4, -0.2) is 92.4 Å². The molecule has 3 fully saturated rings. The lowest BCUT2D eigenvalue weighted by atomic mass is 10.1. The van der Waals surface area contributed by atoms with Crippen molar-refractivity contribution < 1.29 is 9.53 Å². The van der Waals surface area contributed by atoms with Crippen LogP contribution in [0, 0.1) is 0 Å². The lowest BCUT2D eigenvalue weighted by molar-refractivity contribution is 0.0154. The topological polar surface area (TPSA) is 81.2 Å². The summed E-state index contributed by atoms with van der Waals surface area (Å²) in [4.78, 5) is 21.5. The van der Waals surface area contributed by atoms with Crippen molar-refractivity contribution in [1.29, 1.82) is 0 Å². The molecule has 0 aliphatic carbocycles. The molecule has 3 rings (SSSR count). The fourth-order valence-corrected chi connectivity index (χ4v) is 3.72. The molecule has 2 bridgehead atoms. The summed E-state index contributed by atoms with van der Waals surface area (Å²) in [5.41, 5.74) is -0.487. The monoisotopic (exact) mass is 524 g/mol. The molecule has 0 saturated carbocycles. The Kier molecular flexibility index (Phi) is 11.6. The Bertz CT molecular complexity index is 518. The number of amides is 1. The quantitative estimate of drug-likeness (QED) is 0.256. The fraction of sp³-hybridized carbons (Fsp3) is 0.900. The number of halogens is 1. The third-order valence-corrected chi connectivity index (χ3v) is 5.26. The number of guanidine groups is 1. The molecule has 0 aromatic heterocycles. The predicted molar refractivity (Wildman–Crippen MR) is 129 cm³/mol. The van der Waals surface area contributed by atoms with Crippen LogP contribution in [0.25, 0.3) is 0 Å². The summed E-state index contributed by atoms with van der Waals surface area (Å²) in [5, 5.41) is 9.84. The minimum absolute atomic E-state index is 0. The van der Waals surface area contributed by atoms with Crippen LogP contribution in [0.2, 0.25) is 0 Å². The number of alkyl carbamates (subject to hydrolysis) is 1. The first kappa shape index (κ1) is 26.2. The minimum Gasteiger partial charge on any atom is -0.444 e. The van der Waals surface area contributed by atoms with Gasteiger partial charge in [0, 0.05) is 64.9 Å². The third-order valence-electron chi connectivity index (χ3n) is 5.26.